The topological polar surface area (TPSA) is 125 Å². The van der Waals surface area contributed by atoms with Gasteiger partial charge in [0.1, 0.15) is 35.2 Å². The van der Waals surface area contributed by atoms with E-state index in [0.717, 1.165) is 30.4 Å². The fourth-order valence-electron chi connectivity index (χ4n) is 7.73. The molecule has 2 N–H and O–H groups in total. The molecule has 1 amide bonds. The Balaban J connectivity index is 1.42. The fourth-order valence-corrected chi connectivity index (χ4v) is 8.68. The van der Waals surface area contributed by atoms with E-state index in [0.29, 0.717) is 13.0 Å². The Morgan fingerprint density at radius 3 is 2.70 bits per heavy atom. The number of carbonyl (C=O) groups excluding carboxylic acids is 1. The summed E-state index contributed by atoms with van der Waals surface area (Å²) < 4.78 is 80.5. The molecule has 0 bridgehead atoms. The zero-order chi connectivity index (χ0) is 35.7. The van der Waals surface area contributed by atoms with Crippen LogP contribution in [-0.4, -0.2) is 87.2 Å². The number of piperazine rings is 1. The number of amides is 1. The molecule has 3 aliphatic heterocycles. The van der Waals surface area contributed by atoms with Gasteiger partial charge < -0.3 is 20.3 Å². The van der Waals surface area contributed by atoms with Gasteiger partial charge in [0.2, 0.25) is 5.91 Å². The first kappa shape index (κ1) is 33.9. The van der Waals surface area contributed by atoms with Crippen LogP contribution in [0.4, 0.5) is 32.8 Å². The third-order valence-corrected chi connectivity index (χ3v) is 11.1. The number of fused-ring (bicyclic) bond motifs is 3. The van der Waals surface area contributed by atoms with E-state index in [4.69, 9.17) is 10.5 Å². The molecule has 4 atom stereocenters. The van der Waals surface area contributed by atoms with Crippen molar-refractivity contribution in [3.63, 3.8) is 0 Å². The van der Waals surface area contributed by atoms with Crippen LogP contribution < -0.4 is 15.4 Å². The van der Waals surface area contributed by atoms with Crippen molar-refractivity contribution < 1.29 is 31.5 Å². The fraction of sp³-hybridized carbons (Fsp3) is 0.441. The van der Waals surface area contributed by atoms with E-state index in [1.807, 2.05) is 19.9 Å². The van der Waals surface area contributed by atoms with Gasteiger partial charge in [-0.15, -0.1) is 11.3 Å². The van der Waals surface area contributed by atoms with E-state index in [-0.39, 0.29) is 87.1 Å². The van der Waals surface area contributed by atoms with Gasteiger partial charge in [0.15, 0.2) is 11.5 Å². The molecular weight excluding hydrogens is 679 g/mol. The first-order chi connectivity index (χ1) is 23.7. The molecule has 3 saturated heterocycles. The number of nitrogens with two attached hydrogens (primary N) is 1. The van der Waals surface area contributed by atoms with Crippen LogP contribution in [-0.2, 0) is 11.0 Å². The van der Waals surface area contributed by atoms with Gasteiger partial charge >= 0.3 is 12.2 Å². The zero-order valence-electron chi connectivity index (χ0n) is 27.2. The molecule has 1 aromatic carbocycles. The number of nitrogens with zero attached hydrogens (tertiary/aromatic N) is 7. The average molecular weight is 713 g/mol. The van der Waals surface area contributed by atoms with Crippen LogP contribution in [0, 0.1) is 17.1 Å². The van der Waals surface area contributed by atoms with Crippen LogP contribution in [0.15, 0.2) is 30.9 Å². The summed E-state index contributed by atoms with van der Waals surface area (Å²) in [6, 6.07) is 4.39. The lowest BCUT2D eigenvalue weighted by Crippen LogP contribution is -2.58. The van der Waals surface area contributed by atoms with Gasteiger partial charge in [-0.1, -0.05) is 12.6 Å². The minimum atomic E-state index is -4.99. The molecule has 0 spiro atoms. The van der Waals surface area contributed by atoms with Gasteiger partial charge in [-0.25, -0.2) is 13.8 Å². The Morgan fingerprint density at radius 1 is 1.20 bits per heavy atom. The van der Waals surface area contributed by atoms with E-state index in [1.54, 1.807) is 9.80 Å². The quantitative estimate of drug-likeness (QED) is 0.187. The van der Waals surface area contributed by atoms with Crippen LogP contribution >= 0.6 is 11.3 Å². The van der Waals surface area contributed by atoms with Gasteiger partial charge in [-0.3, -0.25) is 9.69 Å². The number of hydrogen-bond donors (Lipinski definition) is 1. The Bertz CT molecular complexity index is 2080. The van der Waals surface area contributed by atoms with Crippen molar-refractivity contribution in [3.05, 3.63) is 47.9 Å². The predicted octanol–water partition coefficient (Wildman–Crippen LogP) is 6.09. The molecule has 0 aliphatic carbocycles. The van der Waals surface area contributed by atoms with E-state index < -0.39 is 41.0 Å². The van der Waals surface area contributed by atoms with Crippen LogP contribution in [0.25, 0.3) is 32.2 Å². The Labute approximate surface area is 287 Å². The Morgan fingerprint density at radius 2 is 1.98 bits per heavy atom. The molecule has 0 radical (unpaired) electrons. The molecule has 262 valence electrons. The maximum Gasteiger partial charge on any atom is 0.433 e. The van der Waals surface area contributed by atoms with Gasteiger partial charge in [0.05, 0.1) is 21.3 Å². The highest BCUT2D eigenvalue weighted by Crippen LogP contribution is 2.46. The minimum Gasteiger partial charge on any atom is -0.461 e. The summed E-state index contributed by atoms with van der Waals surface area (Å²) in [5, 5.41) is 9.76. The summed E-state index contributed by atoms with van der Waals surface area (Å²) in [4.78, 5) is 31.4. The molecule has 6 heterocycles. The van der Waals surface area contributed by atoms with E-state index in [9.17, 15) is 32.0 Å². The lowest BCUT2D eigenvalue weighted by molar-refractivity contribution is -0.140. The smallest absolute Gasteiger partial charge is 0.433 e. The summed E-state index contributed by atoms with van der Waals surface area (Å²) in [5.41, 5.74) is 3.35. The normalized spacial score (nSPS) is 24.2. The third kappa shape index (κ3) is 5.56. The van der Waals surface area contributed by atoms with Crippen molar-refractivity contribution in [2.45, 2.75) is 63.1 Å². The number of thiophene rings is 1. The second-order valence-corrected chi connectivity index (χ2v) is 14.3. The Kier molecular flexibility index (Phi) is 8.33. The largest absolute Gasteiger partial charge is 0.461 e. The van der Waals surface area contributed by atoms with Crippen LogP contribution in [0.1, 0.15) is 44.4 Å². The predicted molar refractivity (Wildman–Crippen MR) is 179 cm³/mol. The first-order valence-electron chi connectivity index (χ1n) is 16.2. The van der Waals surface area contributed by atoms with E-state index >= 15 is 0 Å². The van der Waals surface area contributed by atoms with Crippen molar-refractivity contribution in [2.24, 2.45) is 0 Å². The maximum atomic E-state index is 15.0. The van der Waals surface area contributed by atoms with Crippen molar-refractivity contribution in [3.8, 4) is 23.2 Å². The van der Waals surface area contributed by atoms with Gasteiger partial charge in [0, 0.05) is 49.1 Å². The number of alkyl halides is 4. The molecule has 3 fully saturated rings. The molecule has 10 nitrogen and oxygen atoms in total. The van der Waals surface area contributed by atoms with E-state index in [2.05, 4.69) is 26.4 Å². The monoisotopic (exact) mass is 712 g/mol. The first-order valence-corrected chi connectivity index (χ1v) is 17.0. The number of carbonyl (C=O) groups is 1. The molecule has 3 aliphatic rings. The number of benzene rings is 1. The molecular formula is C34H33F5N8O2S. The molecule has 4 aromatic rings. The average Bonchev–Trinajstić information content (AvgIpc) is 3.72. The second kappa shape index (κ2) is 12.3. The number of rotatable bonds is 6. The minimum absolute atomic E-state index is 0.00667. The number of anilines is 2. The van der Waals surface area contributed by atoms with Gasteiger partial charge in [-0.05, 0) is 57.0 Å². The summed E-state index contributed by atoms with van der Waals surface area (Å²) in [7, 11) is 0. The molecule has 7 rings (SSSR count). The molecule has 3 aromatic heterocycles. The summed E-state index contributed by atoms with van der Waals surface area (Å²) in [6.07, 6.45) is -2.91. The lowest BCUT2D eigenvalue weighted by atomic mass is 9.95. The maximum absolute atomic E-state index is 15.0. The number of aromatic nitrogens is 3. The number of nitrogen functional groups attached to an aromatic ring is 1. The highest BCUT2D eigenvalue weighted by Gasteiger charge is 2.49. The molecule has 1 unspecified atom stereocenters. The zero-order valence-corrected chi connectivity index (χ0v) is 28.0. The molecule has 50 heavy (non-hydrogen) atoms. The van der Waals surface area contributed by atoms with Crippen molar-refractivity contribution in [1.29, 1.82) is 5.26 Å². The van der Waals surface area contributed by atoms with Crippen LogP contribution in [0.3, 0.4) is 0 Å². The molecule has 16 heteroatoms. The molecule has 0 saturated carbocycles. The van der Waals surface area contributed by atoms with Crippen LogP contribution in [0.5, 0.6) is 6.01 Å². The number of halogens is 5. The highest BCUT2D eigenvalue weighted by atomic mass is 32.1. The summed E-state index contributed by atoms with van der Waals surface area (Å²) >= 11 is 0.771. The van der Waals surface area contributed by atoms with Gasteiger partial charge in [0.25, 0.3) is 0 Å². The van der Waals surface area contributed by atoms with E-state index in [1.165, 1.54) is 18.2 Å². The SMILES string of the molecule is C=CC(=O)N1C[C@H](C)N(c2nc(OCC34CCCN3C[C@H](F)C4)nc3cc(-c4ccc(F)c5sc(N)c(C#N)c45)c(C(F)(F)F)nc23)C[C@H]1C. The van der Waals surface area contributed by atoms with Crippen molar-refractivity contribution in [1.82, 2.24) is 24.8 Å². The van der Waals surface area contributed by atoms with Crippen molar-refractivity contribution >= 4 is 49.2 Å². The van der Waals surface area contributed by atoms with Crippen LogP contribution in [0.2, 0.25) is 0 Å². The van der Waals surface area contributed by atoms with Crippen molar-refractivity contribution in [2.75, 3.05) is 43.4 Å². The number of pyridine rings is 1. The highest BCUT2D eigenvalue weighted by molar-refractivity contribution is 7.23. The Hall–Kier alpha value is -4.62. The summed E-state index contributed by atoms with van der Waals surface area (Å²) in [6.45, 7) is 8.75. The summed E-state index contributed by atoms with van der Waals surface area (Å²) in [5.74, 6) is -0.934. The number of hydrogen-bond acceptors (Lipinski definition) is 10. The number of nitriles is 1. The lowest BCUT2D eigenvalue weighted by Gasteiger charge is -2.44. The third-order valence-electron chi connectivity index (χ3n) is 10.1. The number of ether oxygens (including phenoxy) is 1. The van der Waals surface area contributed by atoms with Gasteiger partial charge in [-0.2, -0.15) is 28.4 Å². The second-order valence-electron chi connectivity index (χ2n) is 13.2. The standard InChI is InChI=1S/C34H33F5N8O2S/c1-4-25(48)46-13-18(3)47(14-17(46)2)31-27-24(42-32(44-31)49-16-33-8-5-9-45(33)15-19(35)11-33)10-21(29(43-27)34(37,38)39)20-6-7-23(36)28-26(20)22(12-40)30(41)50-28/h4,6-7,10,17-19H,1,5,8-9,11,13-16,41H2,2-3H3/t17-,18+,19-,33?/m1/s1.